The Balaban J connectivity index is 1.53. The molecule has 1 aliphatic rings. The Kier molecular flexibility index (Phi) is 7.36. The van der Waals surface area contributed by atoms with Crippen molar-refractivity contribution < 1.29 is 19.4 Å². The molecule has 3 aromatic rings. The molecular weight excluding hydrogens is 452 g/mol. The Bertz CT molecular complexity index is 1190. The number of nitrogens with zero attached hydrogens (tertiary/aromatic N) is 2. The van der Waals surface area contributed by atoms with Crippen molar-refractivity contribution in [3.05, 3.63) is 83.6 Å². The Morgan fingerprint density at radius 2 is 1.81 bits per heavy atom. The number of amides is 1. The van der Waals surface area contributed by atoms with E-state index in [0.29, 0.717) is 31.9 Å². The van der Waals surface area contributed by atoms with Crippen molar-refractivity contribution in [1.29, 1.82) is 0 Å². The predicted octanol–water partition coefficient (Wildman–Crippen LogP) is 6.42. The lowest BCUT2D eigenvalue weighted by Gasteiger charge is -2.45. The summed E-state index contributed by atoms with van der Waals surface area (Å²) in [6.45, 7) is 10.5. The lowest BCUT2D eigenvalue weighted by atomic mass is 9.80. The van der Waals surface area contributed by atoms with Crippen molar-refractivity contribution in [3.8, 4) is 17.0 Å². The minimum Gasteiger partial charge on any atom is -0.478 e. The number of cyclic esters (lactones) is 1. The molecule has 0 aliphatic carbocycles. The highest BCUT2D eigenvalue weighted by atomic mass is 16.6. The molecule has 1 aliphatic heterocycles. The van der Waals surface area contributed by atoms with E-state index in [9.17, 15) is 9.90 Å². The molecule has 0 radical (unpaired) electrons. The second-order valence-corrected chi connectivity index (χ2v) is 10.2. The third-order valence-corrected chi connectivity index (χ3v) is 6.71. The van der Waals surface area contributed by atoms with Gasteiger partial charge in [-0.15, -0.1) is 0 Å². The summed E-state index contributed by atoms with van der Waals surface area (Å²) in [6.07, 6.45) is 0.574. The van der Waals surface area contributed by atoms with E-state index in [0.717, 1.165) is 27.9 Å². The van der Waals surface area contributed by atoms with E-state index < -0.39 is 11.2 Å². The van der Waals surface area contributed by atoms with Crippen LogP contribution >= 0.6 is 0 Å². The second kappa shape index (κ2) is 10.3. The van der Waals surface area contributed by atoms with Crippen molar-refractivity contribution in [2.75, 3.05) is 13.2 Å². The van der Waals surface area contributed by atoms with E-state index in [1.165, 1.54) is 0 Å². The van der Waals surface area contributed by atoms with Crippen LogP contribution in [0.15, 0.2) is 66.7 Å². The van der Waals surface area contributed by atoms with Crippen LogP contribution in [0.5, 0.6) is 5.88 Å². The third kappa shape index (κ3) is 5.71. The van der Waals surface area contributed by atoms with Gasteiger partial charge in [-0.25, -0.2) is 9.78 Å². The quantitative estimate of drug-likeness (QED) is 0.396. The van der Waals surface area contributed by atoms with E-state index in [-0.39, 0.29) is 12.1 Å². The van der Waals surface area contributed by atoms with Gasteiger partial charge in [0, 0.05) is 31.1 Å². The highest BCUT2D eigenvalue weighted by molar-refractivity contribution is 5.70. The number of ether oxygens (including phenoxy) is 2. The van der Waals surface area contributed by atoms with Crippen molar-refractivity contribution in [2.45, 2.75) is 64.7 Å². The lowest BCUT2D eigenvalue weighted by Crippen LogP contribution is -2.51. The number of hydrogen-bond acceptors (Lipinski definition) is 5. The zero-order valence-electron chi connectivity index (χ0n) is 21.8. The molecule has 190 valence electrons. The van der Waals surface area contributed by atoms with Gasteiger partial charge in [-0.1, -0.05) is 54.6 Å². The van der Waals surface area contributed by atoms with Crippen LogP contribution in [0.1, 0.15) is 63.4 Å². The number of carbonyl (C=O) groups excluding carboxylic acids is 1. The maximum absolute atomic E-state index is 13.3. The van der Waals surface area contributed by atoms with Gasteiger partial charge in [-0.05, 0) is 62.9 Å². The zero-order chi connectivity index (χ0) is 25.9. The highest BCUT2D eigenvalue weighted by Crippen LogP contribution is 2.42. The Hall–Kier alpha value is -3.38. The Morgan fingerprint density at radius 1 is 1.11 bits per heavy atom. The van der Waals surface area contributed by atoms with Crippen LogP contribution in [0.25, 0.3) is 11.1 Å². The SMILES string of the molecule is CCOc1cc(-c2ccc([C@H](C)N3CC[C@](CC(C)(C)O)(c4ccccc4)OC3=O)cc2)cc(C)n1. The smallest absolute Gasteiger partial charge is 0.411 e. The average molecular weight is 489 g/mol. The van der Waals surface area contributed by atoms with E-state index in [1.54, 1.807) is 18.7 Å². The van der Waals surface area contributed by atoms with E-state index in [1.807, 2.05) is 63.2 Å². The molecule has 36 heavy (non-hydrogen) atoms. The molecular formula is C30H36N2O4. The molecule has 2 heterocycles. The van der Waals surface area contributed by atoms with Crippen molar-refractivity contribution in [3.63, 3.8) is 0 Å². The second-order valence-electron chi connectivity index (χ2n) is 10.2. The Morgan fingerprint density at radius 3 is 2.42 bits per heavy atom. The van der Waals surface area contributed by atoms with Crippen molar-refractivity contribution >= 4 is 6.09 Å². The fourth-order valence-electron chi connectivity index (χ4n) is 5.05. The monoisotopic (exact) mass is 488 g/mol. The molecule has 6 nitrogen and oxygen atoms in total. The highest BCUT2D eigenvalue weighted by Gasteiger charge is 2.46. The molecule has 0 spiro atoms. The molecule has 1 amide bonds. The number of aryl methyl sites for hydroxylation is 1. The topological polar surface area (TPSA) is 71.9 Å². The maximum atomic E-state index is 13.3. The lowest BCUT2D eigenvalue weighted by molar-refractivity contribution is -0.101. The van der Waals surface area contributed by atoms with Gasteiger partial charge >= 0.3 is 6.09 Å². The van der Waals surface area contributed by atoms with Gasteiger partial charge in [0.25, 0.3) is 0 Å². The molecule has 2 atom stereocenters. The van der Waals surface area contributed by atoms with Crippen molar-refractivity contribution in [2.24, 2.45) is 0 Å². The van der Waals surface area contributed by atoms with E-state index >= 15 is 0 Å². The zero-order valence-corrected chi connectivity index (χ0v) is 21.8. The Labute approximate surface area is 213 Å². The first kappa shape index (κ1) is 25.7. The van der Waals surface area contributed by atoms with Crippen molar-refractivity contribution in [1.82, 2.24) is 9.88 Å². The van der Waals surface area contributed by atoms with Crippen LogP contribution in [0, 0.1) is 6.92 Å². The molecule has 1 N–H and O–H groups in total. The fraction of sp³-hybridized carbons (Fsp3) is 0.400. The number of hydrogen-bond donors (Lipinski definition) is 1. The largest absolute Gasteiger partial charge is 0.478 e. The first-order valence-corrected chi connectivity index (χ1v) is 12.6. The average Bonchev–Trinajstić information content (AvgIpc) is 2.83. The van der Waals surface area contributed by atoms with Gasteiger partial charge in [0.2, 0.25) is 5.88 Å². The van der Waals surface area contributed by atoms with Crippen LogP contribution in [-0.2, 0) is 10.3 Å². The summed E-state index contributed by atoms with van der Waals surface area (Å²) in [6, 6.07) is 21.8. The predicted molar refractivity (Wildman–Crippen MR) is 141 cm³/mol. The summed E-state index contributed by atoms with van der Waals surface area (Å²) in [5.74, 6) is 0.619. The molecule has 0 unspecified atom stereocenters. The van der Waals surface area contributed by atoms with E-state index in [2.05, 4.69) is 29.2 Å². The van der Waals surface area contributed by atoms with Gasteiger partial charge in [-0.2, -0.15) is 0 Å². The van der Waals surface area contributed by atoms with Crippen LogP contribution in [0.3, 0.4) is 0 Å². The van der Waals surface area contributed by atoms with Gasteiger partial charge in [-0.3, -0.25) is 0 Å². The van der Waals surface area contributed by atoms with Gasteiger partial charge in [0.15, 0.2) is 0 Å². The number of carbonyl (C=O) groups is 1. The number of rotatable bonds is 8. The third-order valence-electron chi connectivity index (χ3n) is 6.71. The van der Waals surface area contributed by atoms with Gasteiger partial charge in [0.05, 0.1) is 18.2 Å². The molecule has 1 saturated heterocycles. The summed E-state index contributed by atoms with van der Waals surface area (Å²) < 4.78 is 11.7. The van der Waals surface area contributed by atoms with Crippen LogP contribution < -0.4 is 4.74 Å². The van der Waals surface area contributed by atoms with Gasteiger partial charge < -0.3 is 19.5 Å². The first-order chi connectivity index (χ1) is 17.1. The summed E-state index contributed by atoms with van der Waals surface area (Å²) in [5, 5.41) is 10.6. The molecule has 0 saturated carbocycles. The number of benzene rings is 2. The molecule has 4 rings (SSSR count). The summed E-state index contributed by atoms with van der Waals surface area (Å²) in [7, 11) is 0. The first-order valence-electron chi connectivity index (χ1n) is 12.6. The summed E-state index contributed by atoms with van der Waals surface area (Å²) in [4.78, 5) is 19.5. The molecule has 1 fully saturated rings. The van der Waals surface area contributed by atoms with Gasteiger partial charge in [0.1, 0.15) is 5.60 Å². The van der Waals surface area contributed by atoms with Crippen LogP contribution in [0.2, 0.25) is 0 Å². The summed E-state index contributed by atoms with van der Waals surface area (Å²) in [5.41, 5.74) is 3.12. The molecule has 2 aromatic carbocycles. The molecule has 0 bridgehead atoms. The molecule has 6 heteroatoms. The minimum absolute atomic E-state index is 0.152. The van der Waals surface area contributed by atoms with E-state index in [4.69, 9.17) is 9.47 Å². The molecule has 1 aromatic heterocycles. The minimum atomic E-state index is -0.979. The number of aromatic nitrogens is 1. The number of pyridine rings is 1. The normalized spacial score (nSPS) is 19.1. The summed E-state index contributed by atoms with van der Waals surface area (Å²) >= 11 is 0. The standard InChI is InChI=1S/C30H36N2O4/c1-6-35-27-19-25(18-21(2)31-27)24-14-12-23(13-15-24)22(3)32-17-16-30(36-28(32)33,20-29(4,5)34)26-10-8-7-9-11-26/h7-15,18-19,22,34H,6,16-17,20H2,1-5H3/t22-,30-/m0/s1. The fourth-order valence-corrected chi connectivity index (χ4v) is 5.05. The van der Waals surface area contributed by atoms with Crippen LogP contribution in [-0.4, -0.2) is 39.8 Å². The number of aliphatic hydroxyl groups is 1. The van der Waals surface area contributed by atoms with Crippen LogP contribution in [0.4, 0.5) is 4.79 Å². The maximum Gasteiger partial charge on any atom is 0.411 e.